The Hall–Kier alpha value is -1.39. The van der Waals surface area contributed by atoms with Crippen LogP contribution in [0.1, 0.15) is 29.9 Å². The molecule has 0 bridgehead atoms. The highest BCUT2D eigenvalue weighted by atomic mass is 19.4. The topological polar surface area (TPSA) is 52.0 Å². The quantitative estimate of drug-likeness (QED) is 0.709. The Balaban J connectivity index is 2.47. The van der Waals surface area contributed by atoms with Gasteiger partial charge in [0.05, 0.1) is 5.56 Å². The maximum atomic E-state index is 12.4. The van der Waals surface area contributed by atoms with Gasteiger partial charge in [0.1, 0.15) is 0 Å². The van der Waals surface area contributed by atoms with Crippen LogP contribution in [0, 0.1) is 0 Å². The average Bonchev–Trinajstić information content (AvgIpc) is 2.84. The van der Waals surface area contributed by atoms with E-state index in [0.717, 1.165) is 25.0 Å². The molecule has 0 aromatic heterocycles. The standard InChI is InChI=1S/C10H11F3N2/c11-10(12,13)6-3-7(14)9(5-1-2-5)8(15)4-6/h3-5H,1-2,14-15H2. The summed E-state index contributed by atoms with van der Waals surface area (Å²) in [6.45, 7) is 0. The van der Waals surface area contributed by atoms with Crippen LogP contribution in [0.5, 0.6) is 0 Å². The average molecular weight is 216 g/mol. The number of hydrogen-bond donors (Lipinski definition) is 2. The summed E-state index contributed by atoms with van der Waals surface area (Å²) in [5, 5.41) is 0. The molecule has 0 radical (unpaired) electrons. The first-order chi connectivity index (χ1) is 6.89. The Morgan fingerprint density at radius 2 is 1.53 bits per heavy atom. The molecule has 1 saturated carbocycles. The molecule has 0 saturated heterocycles. The Kier molecular flexibility index (Phi) is 2.06. The van der Waals surface area contributed by atoms with Crippen LogP contribution >= 0.6 is 0 Å². The van der Waals surface area contributed by atoms with Crippen LogP contribution in [0.25, 0.3) is 0 Å². The van der Waals surface area contributed by atoms with Crippen molar-refractivity contribution in [3.8, 4) is 0 Å². The summed E-state index contributed by atoms with van der Waals surface area (Å²) in [7, 11) is 0. The first kappa shape index (κ1) is 10.1. The number of nitrogens with two attached hydrogens (primary N) is 2. The van der Waals surface area contributed by atoms with E-state index in [9.17, 15) is 13.2 Å². The minimum absolute atomic E-state index is 0.157. The molecule has 0 spiro atoms. The van der Waals surface area contributed by atoms with Gasteiger partial charge in [0, 0.05) is 16.9 Å². The smallest absolute Gasteiger partial charge is 0.398 e. The molecule has 1 aromatic rings. The number of alkyl halides is 3. The summed E-state index contributed by atoms with van der Waals surface area (Å²) < 4.78 is 37.2. The van der Waals surface area contributed by atoms with Crippen molar-refractivity contribution in [1.82, 2.24) is 0 Å². The zero-order valence-electron chi connectivity index (χ0n) is 7.93. The summed E-state index contributed by atoms with van der Waals surface area (Å²) in [6.07, 6.45) is -2.47. The van der Waals surface area contributed by atoms with E-state index in [1.165, 1.54) is 0 Å². The summed E-state index contributed by atoms with van der Waals surface area (Å²) in [4.78, 5) is 0. The highest BCUT2D eigenvalue weighted by Gasteiger charge is 2.34. The largest absolute Gasteiger partial charge is 0.416 e. The van der Waals surface area contributed by atoms with Crippen molar-refractivity contribution in [3.63, 3.8) is 0 Å². The predicted molar refractivity (Wildman–Crippen MR) is 52.2 cm³/mol. The van der Waals surface area contributed by atoms with Crippen molar-refractivity contribution in [2.24, 2.45) is 0 Å². The van der Waals surface area contributed by atoms with Crippen LogP contribution in [-0.2, 0) is 6.18 Å². The minimum atomic E-state index is -4.38. The van der Waals surface area contributed by atoms with E-state index in [4.69, 9.17) is 11.5 Å². The highest BCUT2D eigenvalue weighted by Crippen LogP contribution is 2.47. The van der Waals surface area contributed by atoms with Crippen molar-refractivity contribution >= 4 is 11.4 Å². The molecule has 2 nitrogen and oxygen atoms in total. The van der Waals surface area contributed by atoms with Crippen molar-refractivity contribution in [2.45, 2.75) is 24.9 Å². The van der Waals surface area contributed by atoms with Crippen LogP contribution in [0.15, 0.2) is 12.1 Å². The van der Waals surface area contributed by atoms with Crippen molar-refractivity contribution in [3.05, 3.63) is 23.3 Å². The second-order valence-corrected chi connectivity index (χ2v) is 3.84. The highest BCUT2D eigenvalue weighted by molar-refractivity contribution is 5.66. The van der Waals surface area contributed by atoms with Gasteiger partial charge < -0.3 is 11.5 Å². The third-order valence-electron chi connectivity index (χ3n) is 2.56. The van der Waals surface area contributed by atoms with Gasteiger partial charge in [-0.2, -0.15) is 13.2 Å². The molecule has 82 valence electrons. The second kappa shape index (κ2) is 3.05. The van der Waals surface area contributed by atoms with E-state index in [-0.39, 0.29) is 17.3 Å². The lowest BCUT2D eigenvalue weighted by molar-refractivity contribution is -0.137. The lowest BCUT2D eigenvalue weighted by atomic mass is 10.0. The third-order valence-corrected chi connectivity index (χ3v) is 2.56. The van der Waals surface area contributed by atoms with Crippen molar-refractivity contribution in [1.29, 1.82) is 0 Å². The third kappa shape index (κ3) is 1.86. The number of benzene rings is 1. The van der Waals surface area contributed by atoms with Gasteiger partial charge in [-0.15, -0.1) is 0 Å². The molecule has 1 aliphatic carbocycles. The zero-order valence-corrected chi connectivity index (χ0v) is 7.93. The van der Waals surface area contributed by atoms with Crippen molar-refractivity contribution < 1.29 is 13.2 Å². The van der Waals surface area contributed by atoms with Crippen LogP contribution < -0.4 is 11.5 Å². The van der Waals surface area contributed by atoms with Gasteiger partial charge in [0.15, 0.2) is 0 Å². The molecule has 0 amide bonds. The Labute approximate surface area is 85.1 Å². The van der Waals surface area contributed by atoms with Crippen molar-refractivity contribution in [2.75, 3.05) is 11.5 Å². The fourth-order valence-electron chi connectivity index (χ4n) is 1.71. The fourth-order valence-corrected chi connectivity index (χ4v) is 1.71. The Bertz CT molecular complexity index is 371. The normalized spacial score (nSPS) is 16.7. The van der Waals surface area contributed by atoms with Gasteiger partial charge in [0.25, 0.3) is 0 Å². The van der Waals surface area contributed by atoms with Crippen LogP contribution in [0.2, 0.25) is 0 Å². The lowest BCUT2D eigenvalue weighted by Gasteiger charge is -2.13. The SMILES string of the molecule is Nc1cc(C(F)(F)F)cc(N)c1C1CC1. The number of hydrogen-bond acceptors (Lipinski definition) is 2. The maximum absolute atomic E-state index is 12.4. The molecule has 0 heterocycles. The first-order valence-electron chi connectivity index (χ1n) is 4.65. The van der Waals surface area contributed by atoms with Gasteiger partial charge >= 0.3 is 6.18 Å². The van der Waals surface area contributed by atoms with E-state index in [2.05, 4.69) is 0 Å². The Morgan fingerprint density at radius 1 is 1.07 bits per heavy atom. The van der Waals surface area contributed by atoms with Gasteiger partial charge in [-0.1, -0.05) is 0 Å². The molecule has 1 aromatic carbocycles. The van der Waals surface area contributed by atoms with E-state index in [1.54, 1.807) is 0 Å². The Morgan fingerprint density at radius 3 is 1.87 bits per heavy atom. The maximum Gasteiger partial charge on any atom is 0.416 e. The molecular weight excluding hydrogens is 205 g/mol. The lowest BCUT2D eigenvalue weighted by Crippen LogP contribution is -2.09. The summed E-state index contributed by atoms with van der Waals surface area (Å²) in [6, 6.07) is 1.92. The molecule has 0 aliphatic heterocycles. The molecule has 1 fully saturated rings. The van der Waals surface area contributed by atoms with Crippen LogP contribution in [-0.4, -0.2) is 0 Å². The summed E-state index contributed by atoms with van der Waals surface area (Å²) >= 11 is 0. The van der Waals surface area contributed by atoms with Gasteiger partial charge in [0.2, 0.25) is 0 Å². The van der Waals surface area contributed by atoms with Gasteiger partial charge in [-0.25, -0.2) is 0 Å². The molecule has 1 aliphatic rings. The number of anilines is 2. The molecule has 15 heavy (non-hydrogen) atoms. The molecule has 4 N–H and O–H groups in total. The van der Waals surface area contributed by atoms with Crippen LogP contribution in [0.4, 0.5) is 24.5 Å². The van der Waals surface area contributed by atoms with E-state index in [1.807, 2.05) is 0 Å². The molecular formula is C10H11F3N2. The monoisotopic (exact) mass is 216 g/mol. The summed E-state index contributed by atoms with van der Waals surface area (Å²) in [5.41, 5.74) is 11.4. The molecule has 0 atom stereocenters. The van der Waals surface area contributed by atoms with E-state index >= 15 is 0 Å². The second-order valence-electron chi connectivity index (χ2n) is 3.84. The first-order valence-corrected chi connectivity index (χ1v) is 4.65. The van der Waals surface area contributed by atoms with Gasteiger partial charge in [-0.3, -0.25) is 0 Å². The number of halogens is 3. The van der Waals surface area contributed by atoms with E-state index in [0.29, 0.717) is 5.56 Å². The fraction of sp³-hybridized carbons (Fsp3) is 0.400. The van der Waals surface area contributed by atoms with E-state index < -0.39 is 11.7 Å². The molecule has 2 rings (SSSR count). The van der Waals surface area contributed by atoms with Crippen LogP contribution in [0.3, 0.4) is 0 Å². The predicted octanol–water partition coefficient (Wildman–Crippen LogP) is 2.75. The molecule has 5 heteroatoms. The minimum Gasteiger partial charge on any atom is -0.398 e. The van der Waals surface area contributed by atoms with Gasteiger partial charge in [-0.05, 0) is 30.9 Å². The zero-order chi connectivity index (χ0) is 11.2. The summed E-state index contributed by atoms with van der Waals surface area (Å²) in [5.74, 6) is 0.257. The number of nitrogen functional groups attached to an aromatic ring is 2. The molecule has 0 unspecified atom stereocenters. The number of rotatable bonds is 1.